The molecular formula is C20H24ClO2P. The summed E-state index contributed by atoms with van der Waals surface area (Å²) in [5, 5.41) is 2.72. The number of rotatable bonds is 9. The molecule has 0 aromatic heterocycles. The Labute approximate surface area is 151 Å². The van der Waals surface area contributed by atoms with Crippen molar-refractivity contribution in [3.63, 3.8) is 0 Å². The summed E-state index contributed by atoms with van der Waals surface area (Å²) < 4.78 is 6.26. The third-order valence-corrected chi connectivity index (χ3v) is 6.13. The van der Waals surface area contributed by atoms with E-state index in [0.29, 0.717) is 10.6 Å². The maximum absolute atomic E-state index is 11.2. The number of unbranched alkanes of at least 4 members (excludes halogenated alkanes) is 3. The third kappa shape index (κ3) is 5.14. The van der Waals surface area contributed by atoms with Crippen molar-refractivity contribution in [3.8, 4) is 0 Å². The Kier molecular flexibility index (Phi) is 7.91. The molecule has 0 N–H and O–H groups in total. The van der Waals surface area contributed by atoms with E-state index in [0.717, 1.165) is 35.5 Å². The molecule has 0 fully saturated rings. The van der Waals surface area contributed by atoms with Gasteiger partial charge in [-0.15, -0.1) is 0 Å². The van der Waals surface area contributed by atoms with Crippen LogP contribution in [-0.2, 0) is 4.52 Å². The van der Waals surface area contributed by atoms with Crippen LogP contribution in [0.1, 0.15) is 48.5 Å². The van der Waals surface area contributed by atoms with E-state index in [1.54, 1.807) is 0 Å². The summed E-state index contributed by atoms with van der Waals surface area (Å²) in [5.74, 6) is 0. The molecule has 2 aromatic rings. The smallest absolute Gasteiger partial charge is 0.151 e. The molecule has 0 bridgehead atoms. The van der Waals surface area contributed by atoms with Crippen LogP contribution in [0.25, 0.3) is 0 Å². The minimum atomic E-state index is -0.922. The molecule has 2 aromatic carbocycles. The lowest BCUT2D eigenvalue weighted by atomic mass is 10.1. The molecule has 24 heavy (non-hydrogen) atoms. The zero-order chi connectivity index (χ0) is 17.4. The van der Waals surface area contributed by atoms with Gasteiger partial charge in [0.25, 0.3) is 0 Å². The Morgan fingerprint density at radius 1 is 1.08 bits per heavy atom. The second-order valence-corrected chi connectivity index (χ2v) is 8.09. The summed E-state index contributed by atoms with van der Waals surface area (Å²) in [5.41, 5.74) is 1.46. The topological polar surface area (TPSA) is 26.3 Å². The number of hydrogen-bond acceptors (Lipinski definition) is 2. The summed E-state index contributed by atoms with van der Waals surface area (Å²) in [6.45, 7) is 4.86. The fourth-order valence-corrected chi connectivity index (χ4v) is 4.85. The van der Waals surface area contributed by atoms with Crippen LogP contribution in [0.4, 0.5) is 0 Å². The van der Waals surface area contributed by atoms with Gasteiger partial charge in [0, 0.05) is 16.2 Å². The minimum Gasteiger partial charge on any atom is -0.350 e. The van der Waals surface area contributed by atoms with Gasteiger partial charge in [-0.25, -0.2) is 0 Å². The van der Waals surface area contributed by atoms with Crippen LogP contribution in [0.3, 0.4) is 0 Å². The molecule has 0 spiro atoms. The number of aldehydes is 1. The van der Waals surface area contributed by atoms with Gasteiger partial charge in [0.05, 0.1) is 19.8 Å². The van der Waals surface area contributed by atoms with Crippen LogP contribution in [0.15, 0.2) is 42.5 Å². The predicted octanol–water partition coefficient (Wildman–Crippen LogP) is 5.41. The van der Waals surface area contributed by atoms with Gasteiger partial charge < -0.3 is 4.52 Å². The Morgan fingerprint density at radius 3 is 2.46 bits per heavy atom. The van der Waals surface area contributed by atoms with Gasteiger partial charge in [0.2, 0.25) is 0 Å². The maximum atomic E-state index is 11.2. The lowest BCUT2D eigenvalue weighted by Gasteiger charge is -2.20. The molecule has 128 valence electrons. The molecule has 0 radical (unpaired) electrons. The van der Waals surface area contributed by atoms with Crippen LogP contribution < -0.4 is 10.6 Å². The SMILES string of the molecule is CCCCCCOP(c1ccccc1)c1cc(C)c(C=O)c(Cl)c1. The molecular weight excluding hydrogens is 339 g/mol. The van der Waals surface area contributed by atoms with E-state index in [1.165, 1.54) is 19.3 Å². The highest BCUT2D eigenvalue weighted by Gasteiger charge is 2.18. The highest BCUT2D eigenvalue weighted by Crippen LogP contribution is 2.37. The average molecular weight is 363 g/mol. The molecule has 0 aliphatic heterocycles. The van der Waals surface area contributed by atoms with Crippen molar-refractivity contribution in [2.75, 3.05) is 6.61 Å². The van der Waals surface area contributed by atoms with Gasteiger partial charge in [0.15, 0.2) is 6.29 Å². The normalized spacial score (nSPS) is 12.1. The predicted molar refractivity (Wildman–Crippen MR) is 104 cm³/mol. The fourth-order valence-electron chi connectivity index (χ4n) is 2.55. The Bertz CT molecular complexity index is 635. The molecule has 0 heterocycles. The summed E-state index contributed by atoms with van der Waals surface area (Å²) in [7, 11) is -0.922. The van der Waals surface area contributed by atoms with E-state index in [1.807, 2.05) is 37.3 Å². The van der Waals surface area contributed by atoms with Crippen LogP contribution in [0.2, 0.25) is 5.02 Å². The van der Waals surface area contributed by atoms with Crippen molar-refractivity contribution in [1.29, 1.82) is 0 Å². The van der Waals surface area contributed by atoms with Crippen molar-refractivity contribution in [2.45, 2.75) is 39.5 Å². The zero-order valence-corrected chi connectivity index (χ0v) is 15.9. The summed E-state index contributed by atoms with van der Waals surface area (Å²) in [6, 6.07) is 14.2. The summed E-state index contributed by atoms with van der Waals surface area (Å²) >= 11 is 6.29. The van der Waals surface area contributed by atoms with Crippen LogP contribution >= 0.6 is 19.7 Å². The number of hydrogen-bond donors (Lipinski definition) is 0. The first-order valence-corrected chi connectivity index (χ1v) is 10.0. The number of carbonyl (C=O) groups is 1. The zero-order valence-electron chi connectivity index (χ0n) is 14.3. The van der Waals surface area contributed by atoms with E-state index >= 15 is 0 Å². The van der Waals surface area contributed by atoms with Gasteiger partial charge in [-0.3, -0.25) is 4.79 Å². The first-order chi connectivity index (χ1) is 11.7. The second-order valence-electron chi connectivity index (χ2n) is 5.80. The molecule has 0 aliphatic carbocycles. The number of benzene rings is 2. The first-order valence-electron chi connectivity index (χ1n) is 8.40. The number of halogens is 1. The molecule has 1 atom stereocenters. The standard InChI is InChI=1S/C20H24ClO2P/c1-3-4-5-9-12-23-24(17-10-7-6-8-11-17)18-13-16(2)19(15-22)20(21)14-18/h6-8,10-11,13-15H,3-5,9,12H2,1-2H3. The summed E-state index contributed by atoms with van der Waals surface area (Å²) in [4.78, 5) is 11.2. The van der Waals surface area contributed by atoms with E-state index in [2.05, 4.69) is 19.1 Å². The Balaban J connectivity index is 2.24. The fraction of sp³-hybridized carbons (Fsp3) is 0.350. The van der Waals surface area contributed by atoms with E-state index in [4.69, 9.17) is 16.1 Å². The van der Waals surface area contributed by atoms with Gasteiger partial charge in [-0.05, 0) is 31.0 Å². The largest absolute Gasteiger partial charge is 0.350 e. The van der Waals surface area contributed by atoms with Crippen molar-refractivity contribution >= 4 is 36.6 Å². The van der Waals surface area contributed by atoms with Crippen LogP contribution in [-0.4, -0.2) is 12.9 Å². The highest BCUT2D eigenvalue weighted by molar-refractivity contribution is 7.68. The van der Waals surface area contributed by atoms with Gasteiger partial charge in [0.1, 0.15) is 0 Å². The Morgan fingerprint density at radius 2 is 1.83 bits per heavy atom. The lowest BCUT2D eigenvalue weighted by Crippen LogP contribution is -2.15. The van der Waals surface area contributed by atoms with Gasteiger partial charge in [-0.1, -0.05) is 68.1 Å². The van der Waals surface area contributed by atoms with Gasteiger partial charge >= 0.3 is 0 Å². The quantitative estimate of drug-likeness (QED) is 0.339. The van der Waals surface area contributed by atoms with E-state index in [9.17, 15) is 4.79 Å². The number of aryl methyl sites for hydroxylation is 1. The van der Waals surface area contributed by atoms with Crippen LogP contribution in [0.5, 0.6) is 0 Å². The summed E-state index contributed by atoms with van der Waals surface area (Å²) in [6.07, 6.45) is 5.54. The highest BCUT2D eigenvalue weighted by atomic mass is 35.5. The Hall–Kier alpha value is -1.21. The van der Waals surface area contributed by atoms with E-state index < -0.39 is 8.15 Å². The minimum absolute atomic E-state index is 0.498. The first kappa shape index (κ1) is 19.1. The van der Waals surface area contributed by atoms with Crippen molar-refractivity contribution < 1.29 is 9.32 Å². The maximum Gasteiger partial charge on any atom is 0.151 e. The molecule has 1 unspecified atom stereocenters. The third-order valence-electron chi connectivity index (χ3n) is 3.88. The van der Waals surface area contributed by atoms with Gasteiger partial charge in [-0.2, -0.15) is 0 Å². The molecule has 0 aliphatic rings. The lowest BCUT2D eigenvalue weighted by molar-refractivity contribution is 0.112. The molecule has 4 heteroatoms. The van der Waals surface area contributed by atoms with Crippen molar-refractivity contribution in [2.24, 2.45) is 0 Å². The second kappa shape index (κ2) is 9.93. The van der Waals surface area contributed by atoms with E-state index in [-0.39, 0.29) is 0 Å². The molecule has 2 nitrogen and oxygen atoms in total. The van der Waals surface area contributed by atoms with Crippen molar-refractivity contribution in [3.05, 3.63) is 58.6 Å². The number of carbonyl (C=O) groups excluding carboxylic acids is 1. The van der Waals surface area contributed by atoms with Crippen LogP contribution in [0, 0.1) is 6.92 Å². The van der Waals surface area contributed by atoms with Crippen molar-refractivity contribution in [1.82, 2.24) is 0 Å². The molecule has 2 rings (SSSR count). The average Bonchev–Trinajstić information content (AvgIpc) is 2.58. The monoisotopic (exact) mass is 362 g/mol. The molecule has 0 saturated heterocycles. The molecule has 0 saturated carbocycles. The molecule has 0 amide bonds.